The number of aromatic amines is 2. The Morgan fingerprint density at radius 3 is 1.98 bits per heavy atom. The molecule has 3 rings (SSSR count). The first kappa shape index (κ1) is 30.8. The topological polar surface area (TPSA) is 228 Å². The quantitative estimate of drug-likeness (QED) is 0.121. The van der Waals surface area contributed by atoms with Crippen LogP contribution in [0.4, 0.5) is 0 Å². The zero-order valence-corrected chi connectivity index (χ0v) is 22.8. The van der Waals surface area contributed by atoms with Gasteiger partial charge in [0.15, 0.2) is 0 Å². The number of aromatic hydroxyl groups is 1. The lowest BCUT2D eigenvalue weighted by Gasteiger charge is -2.28. The van der Waals surface area contributed by atoms with Crippen LogP contribution < -0.4 is 21.7 Å². The molecule has 0 spiro atoms. The van der Waals surface area contributed by atoms with Crippen LogP contribution in [0.2, 0.25) is 0 Å². The zero-order valence-electron chi connectivity index (χ0n) is 22.8. The fourth-order valence-electron chi connectivity index (χ4n) is 4.12. The van der Waals surface area contributed by atoms with Gasteiger partial charge in [-0.1, -0.05) is 32.4 Å². The molecule has 0 saturated heterocycles. The van der Waals surface area contributed by atoms with Crippen molar-refractivity contribution in [3.8, 4) is 5.75 Å². The largest absolute Gasteiger partial charge is 0.508 e. The second-order valence-corrected chi connectivity index (χ2v) is 9.87. The first-order valence-electron chi connectivity index (χ1n) is 13.2. The van der Waals surface area contributed by atoms with E-state index in [0.717, 1.165) is 0 Å². The molecule has 0 aliphatic rings. The predicted octanol–water partition coefficient (Wildman–Crippen LogP) is -0.221. The molecular formula is C27H36N8O6. The summed E-state index contributed by atoms with van der Waals surface area (Å²) < 4.78 is 0. The average molecular weight is 569 g/mol. The minimum absolute atomic E-state index is 0.0317. The number of aliphatic carboxylic acids is 1. The van der Waals surface area contributed by atoms with E-state index in [1.807, 2.05) is 6.92 Å². The summed E-state index contributed by atoms with van der Waals surface area (Å²) in [4.78, 5) is 65.1. The smallest absolute Gasteiger partial charge is 0.326 e. The summed E-state index contributed by atoms with van der Waals surface area (Å²) in [5, 5.41) is 27.2. The van der Waals surface area contributed by atoms with Crippen molar-refractivity contribution in [3.05, 3.63) is 66.3 Å². The number of amides is 3. The second-order valence-electron chi connectivity index (χ2n) is 9.87. The molecule has 5 unspecified atom stereocenters. The highest BCUT2D eigenvalue weighted by Crippen LogP contribution is 2.14. The third kappa shape index (κ3) is 9.17. The average Bonchev–Trinajstić information content (AvgIpc) is 3.66. The number of aromatic nitrogens is 4. The third-order valence-electron chi connectivity index (χ3n) is 6.73. The maximum Gasteiger partial charge on any atom is 0.326 e. The fraction of sp³-hybridized carbons (Fsp3) is 0.407. The molecule has 0 saturated carbocycles. The lowest BCUT2D eigenvalue weighted by atomic mass is 9.96. The van der Waals surface area contributed by atoms with Crippen molar-refractivity contribution in [1.82, 2.24) is 35.9 Å². The molecule has 0 aliphatic heterocycles. The molecule has 220 valence electrons. The number of carbonyl (C=O) groups excluding carboxylic acids is 3. The van der Waals surface area contributed by atoms with E-state index in [1.54, 1.807) is 25.3 Å². The Labute approximate surface area is 236 Å². The molecule has 1 aromatic carbocycles. The number of benzene rings is 1. The molecule has 9 N–H and O–H groups in total. The van der Waals surface area contributed by atoms with Gasteiger partial charge >= 0.3 is 5.97 Å². The monoisotopic (exact) mass is 568 g/mol. The molecule has 0 fully saturated rings. The van der Waals surface area contributed by atoms with Crippen molar-refractivity contribution in [2.75, 3.05) is 0 Å². The number of phenols is 1. The van der Waals surface area contributed by atoms with Gasteiger partial charge in [-0.3, -0.25) is 14.4 Å². The van der Waals surface area contributed by atoms with Crippen molar-refractivity contribution in [3.63, 3.8) is 0 Å². The number of carboxylic acid groups (broad SMARTS) is 1. The summed E-state index contributed by atoms with van der Waals surface area (Å²) >= 11 is 0. The molecule has 14 heteroatoms. The van der Waals surface area contributed by atoms with Crippen molar-refractivity contribution in [1.29, 1.82) is 0 Å². The van der Waals surface area contributed by atoms with Crippen LogP contribution in [0.3, 0.4) is 0 Å². The van der Waals surface area contributed by atoms with Crippen LogP contribution in [0.5, 0.6) is 5.75 Å². The highest BCUT2D eigenvalue weighted by atomic mass is 16.4. The van der Waals surface area contributed by atoms with Gasteiger partial charge in [-0.25, -0.2) is 14.8 Å². The fourth-order valence-corrected chi connectivity index (χ4v) is 4.12. The SMILES string of the molecule is CCC(C)C(NC(=O)C(Cc1ccc(O)cc1)NC(=O)C(N)Cc1cnc[nH]1)C(=O)NC(Cc1cnc[nH]1)C(=O)O. The molecule has 0 radical (unpaired) electrons. The lowest BCUT2D eigenvalue weighted by molar-refractivity contribution is -0.142. The summed E-state index contributed by atoms with van der Waals surface area (Å²) in [6, 6.07) is 1.66. The number of nitrogens with one attached hydrogen (secondary N) is 5. The zero-order chi connectivity index (χ0) is 29.9. The van der Waals surface area contributed by atoms with Crippen LogP contribution in [0.15, 0.2) is 49.3 Å². The molecule has 14 nitrogen and oxygen atoms in total. The van der Waals surface area contributed by atoms with Crippen LogP contribution in [0.1, 0.15) is 37.2 Å². The number of hydrogen-bond donors (Lipinski definition) is 8. The number of nitrogens with two attached hydrogens (primary N) is 1. The van der Waals surface area contributed by atoms with Gasteiger partial charge in [-0.15, -0.1) is 0 Å². The first-order chi connectivity index (χ1) is 19.6. The molecule has 3 aromatic rings. The number of imidazole rings is 2. The van der Waals surface area contributed by atoms with Gasteiger partial charge in [-0.05, 0) is 23.6 Å². The normalized spacial score (nSPS) is 14.7. The summed E-state index contributed by atoms with van der Waals surface area (Å²) in [7, 11) is 0. The van der Waals surface area contributed by atoms with Gasteiger partial charge < -0.3 is 41.9 Å². The number of phenolic OH excluding ortho intramolecular Hbond substituents is 1. The van der Waals surface area contributed by atoms with E-state index in [1.165, 1.54) is 31.0 Å². The molecular weight excluding hydrogens is 532 g/mol. The van der Waals surface area contributed by atoms with Gasteiger partial charge in [0, 0.05) is 43.0 Å². The van der Waals surface area contributed by atoms with Gasteiger partial charge in [-0.2, -0.15) is 0 Å². The van der Waals surface area contributed by atoms with E-state index in [-0.39, 0.29) is 30.9 Å². The third-order valence-corrected chi connectivity index (χ3v) is 6.73. The Hall–Kier alpha value is -4.72. The summed E-state index contributed by atoms with van der Waals surface area (Å²) in [6.45, 7) is 3.59. The minimum Gasteiger partial charge on any atom is -0.508 e. The number of H-pyrrole nitrogens is 2. The molecule has 0 aliphatic carbocycles. The highest BCUT2D eigenvalue weighted by Gasteiger charge is 2.33. The highest BCUT2D eigenvalue weighted by molar-refractivity contribution is 5.94. The maximum absolute atomic E-state index is 13.6. The van der Waals surface area contributed by atoms with Crippen LogP contribution >= 0.6 is 0 Å². The Morgan fingerprint density at radius 1 is 0.854 bits per heavy atom. The standard InChI is InChI=1S/C27H36N8O6/c1-3-15(2)23(26(39)34-22(27(40)41)10-18-12-30-14-32-18)35-25(38)21(8-16-4-6-19(36)7-5-16)33-24(37)20(28)9-17-11-29-13-31-17/h4-7,11-15,20-23,36H,3,8-10,28H2,1-2H3,(H,29,31)(H,30,32)(H,33,37)(H,34,39)(H,35,38)(H,40,41). The van der Waals surface area contributed by atoms with E-state index in [0.29, 0.717) is 23.4 Å². The molecule has 2 aromatic heterocycles. The maximum atomic E-state index is 13.6. The number of carboxylic acids is 1. The van der Waals surface area contributed by atoms with Crippen LogP contribution in [-0.4, -0.2) is 78.0 Å². The molecule has 0 bridgehead atoms. The number of rotatable bonds is 15. The second kappa shape index (κ2) is 14.6. The van der Waals surface area contributed by atoms with E-state index < -0.39 is 47.9 Å². The molecule has 5 atom stereocenters. The van der Waals surface area contributed by atoms with Gasteiger partial charge in [0.1, 0.15) is 23.9 Å². The van der Waals surface area contributed by atoms with Gasteiger partial charge in [0.25, 0.3) is 0 Å². The first-order valence-corrected chi connectivity index (χ1v) is 13.2. The Balaban J connectivity index is 1.77. The lowest BCUT2D eigenvalue weighted by Crippen LogP contribution is -2.59. The Bertz CT molecular complexity index is 1280. The minimum atomic E-state index is -1.26. The number of nitrogens with zero attached hydrogens (tertiary/aromatic N) is 2. The molecule has 41 heavy (non-hydrogen) atoms. The molecule has 3 amide bonds. The van der Waals surface area contributed by atoms with Crippen molar-refractivity contribution >= 4 is 23.7 Å². The summed E-state index contributed by atoms with van der Waals surface area (Å²) in [6.07, 6.45) is 6.54. The van der Waals surface area contributed by atoms with Crippen molar-refractivity contribution in [2.45, 2.75) is 63.7 Å². The predicted molar refractivity (Wildman–Crippen MR) is 147 cm³/mol. The Morgan fingerprint density at radius 2 is 1.44 bits per heavy atom. The van der Waals surface area contributed by atoms with E-state index in [2.05, 4.69) is 35.9 Å². The van der Waals surface area contributed by atoms with Crippen molar-refractivity contribution < 1.29 is 29.4 Å². The van der Waals surface area contributed by atoms with Crippen LogP contribution in [0.25, 0.3) is 0 Å². The van der Waals surface area contributed by atoms with E-state index in [9.17, 15) is 29.4 Å². The number of hydrogen-bond acceptors (Lipinski definition) is 8. The number of carbonyl (C=O) groups is 4. The summed E-state index contributed by atoms with van der Waals surface area (Å²) in [5.74, 6) is -3.49. The summed E-state index contributed by atoms with van der Waals surface area (Å²) in [5.41, 5.74) is 7.88. The van der Waals surface area contributed by atoms with E-state index >= 15 is 0 Å². The Kier molecular flexibility index (Phi) is 11.0. The van der Waals surface area contributed by atoms with Gasteiger partial charge in [0.05, 0.1) is 18.7 Å². The van der Waals surface area contributed by atoms with Crippen LogP contribution in [-0.2, 0) is 38.4 Å². The van der Waals surface area contributed by atoms with Crippen LogP contribution in [0, 0.1) is 5.92 Å². The van der Waals surface area contributed by atoms with Crippen molar-refractivity contribution in [2.24, 2.45) is 11.7 Å². The van der Waals surface area contributed by atoms with E-state index in [4.69, 9.17) is 5.73 Å². The van der Waals surface area contributed by atoms with Gasteiger partial charge in [0.2, 0.25) is 17.7 Å². The molecule has 2 heterocycles.